The zero-order valence-electron chi connectivity index (χ0n) is 8.86. The average molecular weight is 208 g/mol. The Morgan fingerprint density at radius 3 is 3.27 bits per heavy atom. The summed E-state index contributed by atoms with van der Waals surface area (Å²) in [5, 5.41) is 3.28. The maximum absolute atomic E-state index is 5.52. The number of aromatic nitrogens is 2. The fraction of sp³-hybridized carbons (Fsp3) is 0.600. The van der Waals surface area contributed by atoms with Crippen molar-refractivity contribution in [1.29, 1.82) is 0 Å². The third-order valence-corrected chi connectivity index (χ3v) is 2.57. The van der Waals surface area contributed by atoms with E-state index in [2.05, 4.69) is 15.3 Å². The number of rotatable bonds is 3. The molecular formula is C10H16N4O. The first-order valence-electron chi connectivity index (χ1n) is 5.16. The van der Waals surface area contributed by atoms with Gasteiger partial charge >= 0.3 is 0 Å². The number of nitrogens with one attached hydrogen (secondary N) is 1. The van der Waals surface area contributed by atoms with E-state index in [0.29, 0.717) is 11.9 Å². The van der Waals surface area contributed by atoms with E-state index in [0.717, 1.165) is 37.6 Å². The van der Waals surface area contributed by atoms with Crippen molar-refractivity contribution in [3.8, 4) is 0 Å². The molecule has 1 aromatic rings. The van der Waals surface area contributed by atoms with Gasteiger partial charge in [-0.1, -0.05) is 0 Å². The fourth-order valence-electron chi connectivity index (χ4n) is 1.62. The first-order chi connectivity index (χ1) is 7.25. The second kappa shape index (κ2) is 4.44. The summed E-state index contributed by atoms with van der Waals surface area (Å²) in [6, 6.07) is 0. The Kier molecular flexibility index (Phi) is 3.01. The van der Waals surface area contributed by atoms with E-state index in [9.17, 15) is 0 Å². The highest BCUT2D eigenvalue weighted by Gasteiger charge is 2.15. The fourth-order valence-corrected chi connectivity index (χ4v) is 1.62. The molecule has 82 valence electrons. The highest BCUT2D eigenvalue weighted by molar-refractivity contribution is 5.45. The molecule has 2 heterocycles. The Bertz CT molecular complexity index is 336. The minimum atomic E-state index is 0.311. The van der Waals surface area contributed by atoms with E-state index in [4.69, 9.17) is 10.5 Å². The molecule has 1 fully saturated rings. The minimum Gasteiger partial charge on any atom is -0.381 e. The van der Waals surface area contributed by atoms with Crippen LogP contribution in [0.15, 0.2) is 6.20 Å². The standard InChI is InChI=1S/C10H16N4O/c1-7-4-13-10(11)14-9(7)12-5-8-2-3-15-6-8/h4,8H,2-3,5-6H2,1H3,(H3,11,12,13,14). The van der Waals surface area contributed by atoms with Gasteiger partial charge in [-0.3, -0.25) is 0 Å². The van der Waals surface area contributed by atoms with E-state index in [-0.39, 0.29) is 0 Å². The van der Waals surface area contributed by atoms with Crippen molar-refractivity contribution in [1.82, 2.24) is 9.97 Å². The van der Waals surface area contributed by atoms with Gasteiger partial charge in [0.25, 0.3) is 0 Å². The molecule has 5 nitrogen and oxygen atoms in total. The van der Waals surface area contributed by atoms with Gasteiger partial charge in [-0.05, 0) is 13.3 Å². The normalized spacial score (nSPS) is 20.5. The zero-order chi connectivity index (χ0) is 10.7. The third-order valence-electron chi connectivity index (χ3n) is 2.57. The Hall–Kier alpha value is -1.36. The summed E-state index contributed by atoms with van der Waals surface area (Å²) >= 11 is 0. The molecule has 15 heavy (non-hydrogen) atoms. The van der Waals surface area contributed by atoms with Crippen LogP contribution in [0.2, 0.25) is 0 Å². The molecular weight excluding hydrogens is 192 g/mol. The van der Waals surface area contributed by atoms with Gasteiger partial charge < -0.3 is 15.8 Å². The number of nitrogens with two attached hydrogens (primary N) is 1. The highest BCUT2D eigenvalue weighted by atomic mass is 16.5. The minimum absolute atomic E-state index is 0.311. The lowest BCUT2D eigenvalue weighted by Gasteiger charge is -2.11. The van der Waals surface area contributed by atoms with Gasteiger partial charge in [0.2, 0.25) is 5.95 Å². The van der Waals surface area contributed by atoms with Gasteiger partial charge in [0, 0.05) is 30.8 Å². The van der Waals surface area contributed by atoms with E-state index in [1.54, 1.807) is 6.20 Å². The van der Waals surface area contributed by atoms with Crippen LogP contribution >= 0.6 is 0 Å². The Labute approximate surface area is 89.1 Å². The van der Waals surface area contributed by atoms with Gasteiger partial charge in [0.15, 0.2) is 0 Å². The van der Waals surface area contributed by atoms with Crippen LogP contribution in [-0.4, -0.2) is 29.7 Å². The number of aryl methyl sites for hydroxylation is 1. The SMILES string of the molecule is Cc1cnc(N)nc1NCC1CCOC1. The second-order valence-electron chi connectivity index (χ2n) is 3.87. The molecule has 0 spiro atoms. The lowest BCUT2D eigenvalue weighted by molar-refractivity contribution is 0.187. The maximum atomic E-state index is 5.52. The maximum Gasteiger partial charge on any atom is 0.221 e. The molecule has 0 saturated carbocycles. The Balaban J connectivity index is 1.94. The summed E-state index contributed by atoms with van der Waals surface area (Å²) in [7, 11) is 0. The summed E-state index contributed by atoms with van der Waals surface area (Å²) < 4.78 is 5.30. The second-order valence-corrected chi connectivity index (χ2v) is 3.87. The van der Waals surface area contributed by atoms with Gasteiger partial charge in [-0.15, -0.1) is 0 Å². The van der Waals surface area contributed by atoms with Crippen LogP contribution in [0.25, 0.3) is 0 Å². The molecule has 1 atom stereocenters. The lowest BCUT2D eigenvalue weighted by atomic mass is 10.1. The van der Waals surface area contributed by atoms with Crippen LogP contribution in [0.1, 0.15) is 12.0 Å². The molecule has 1 unspecified atom stereocenters. The van der Waals surface area contributed by atoms with Crippen LogP contribution in [0.4, 0.5) is 11.8 Å². The molecule has 1 aliphatic heterocycles. The van der Waals surface area contributed by atoms with E-state index in [1.165, 1.54) is 0 Å². The van der Waals surface area contributed by atoms with Crippen molar-refractivity contribution in [3.05, 3.63) is 11.8 Å². The molecule has 0 aliphatic carbocycles. The number of hydrogen-bond acceptors (Lipinski definition) is 5. The number of nitrogens with zero attached hydrogens (tertiary/aromatic N) is 2. The van der Waals surface area contributed by atoms with Crippen molar-refractivity contribution in [2.24, 2.45) is 5.92 Å². The molecule has 2 rings (SSSR count). The molecule has 1 saturated heterocycles. The average Bonchev–Trinajstić information content (AvgIpc) is 2.72. The summed E-state index contributed by atoms with van der Waals surface area (Å²) in [5.74, 6) is 1.72. The van der Waals surface area contributed by atoms with Crippen molar-refractivity contribution in [2.45, 2.75) is 13.3 Å². The summed E-state index contributed by atoms with van der Waals surface area (Å²) in [5.41, 5.74) is 6.54. The van der Waals surface area contributed by atoms with Gasteiger partial charge in [-0.2, -0.15) is 4.98 Å². The third kappa shape index (κ3) is 2.56. The van der Waals surface area contributed by atoms with Crippen LogP contribution in [0, 0.1) is 12.8 Å². The molecule has 1 aromatic heterocycles. The van der Waals surface area contributed by atoms with E-state index in [1.807, 2.05) is 6.92 Å². The number of anilines is 2. The van der Waals surface area contributed by atoms with Crippen molar-refractivity contribution in [3.63, 3.8) is 0 Å². The molecule has 0 bridgehead atoms. The van der Waals surface area contributed by atoms with Gasteiger partial charge in [0.1, 0.15) is 5.82 Å². The number of ether oxygens (including phenoxy) is 1. The number of nitrogen functional groups attached to an aromatic ring is 1. The first kappa shape index (κ1) is 10.2. The van der Waals surface area contributed by atoms with E-state index < -0.39 is 0 Å². The van der Waals surface area contributed by atoms with Crippen LogP contribution in [-0.2, 0) is 4.74 Å². The predicted octanol–water partition coefficient (Wildman–Crippen LogP) is 0.816. The van der Waals surface area contributed by atoms with Gasteiger partial charge in [0.05, 0.1) is 6.61 Å². The monoisotopic (exact) mass is 208 g/mol. The topological polar surface area (TPSA) is 73.1 Å². The van der Waals surface area contributed by atoms with Gasteiger partial charge in [-0.25, -0.2) is 4.98 Å². The number of hydrogen-bond donors (Lipinski definition) is 2. The molecule has 0 aromatic carbocycles. The predicted molar refractivity (Wildman–Crippen MR) is 58.6 cm³/mol. The Morgan fingerprint density at radius 1 is 1.67 bits per heavy atom. The molecule has 1 aliphatic rings. The van der Waals surface area contributed by atoms with Crippen molar-refractivity contribution >= 4 is 11.8 Å². The first-order valence-corrected chi connectivity index (χ1v) is 5.16. The van der Waals surface area contributed by atoms with E-state index >= 15 is 0 Å². The zero-order valence-corrected chi connectivity index (χ0v) is 8.86. The Morgan fingerprint density at radius 2 is 2.53 bits per heavy atom. The summed E-state index contributed by atoms with van der Waals surface area (Å²) in [4.78, 5) is 8.07. The molecule has 0 amide bonds. The smallest absolute Gasteiger partial charge is 0.221 e. The van der Waals surface area contributed by atoms with Crippen LogP contribution in [0.5, 0.6) is 0 Å². The summed E-state index contributed by atoms with van der Waals surface area (Å²) in [6.45, 7) is 4.56. The lowest BCUT2D eigenvalue weighted by Crippen LogP contribution is -2.16. The van der Waals surface area contributed by atoms with Crippen LogP contribution < -0.4 is 11.1 Å². The quantitative estimate of drug-likeness (QED) is 0.769. The highest BCUT2D eigenvalue weighted by Crippen LogP contribution is 2.15. The largest absolute Gasteiger partial charge is 0.381 e. The molecule has 5 heteroatoms. The summed E-state index contributed by atoms with van der Waals surface area (Å²) in [6.07, 6.45) is 2.85. The van der Waals surface area contributed by atoms with Crippen LogP contribution in [0.3, 0.4) is 0 Å². The molecule has 3 N–H and O–H groups in total. The molecule has 0 radical (unpaired) electrons. The van der Waals surface area contributed by atoms with Crippen molar-refractivity contribution in [2.75, 3.05) is 30.8 Å². The van der Waals surface area contributed by atoms with Crippen molar-refractivity contribution < 1.29 is 4.74 Å².